The molecule has 1 aliphatic heterocycles. The number of benzene rings is 2. The number of aromatic nitrogens is 1. The highest BCUT2D eigenvalue weighted by atomic mass is 28.3. The van der Waals surface area contributed by atoms with Gasteiger partial charge in [0.2, 0.25) is 9.04 Å². The van der Waals surface area contributed by atoms with Crippen LogP contribution in [0.2, 0.25) is 13.1 Å². The number of ether oxygens (including phenoxy) is 1. The van der Waals surface area contributed by atoms with E-state index >= 15 is 0 Å². The second-order valence-electron chi connectivity index (χ2n) is 10.6. The Morgan fingerprint density at radius 1 is 1.11 bits per heavy atom. The van der Waals surface area contributed by atoms with E-state index in [1.54, 1.807) is 0 Å². The zero-order valence-electron chi connectivity index (χ0n) is 21.5. The van der Waals surface area contributed by atoms with Gasteiger partial charge in [-0.3, -0.25) is 4.98 Å². The lowest BCUT2D eigenvalue weighted by Gasteiger charge is -2.42. The van der Waals surface area contributed by atoms with Gasteiger partial charge in [0.25, 0.3) is 0 Å². The third-order valence-electron chi connectivity index (χ3n) is 6.20. The van der Waals surface area contributed by atoms with Crippen LogP contribution in [0.4, 0.5) is 0 Å². The van der Waals surface area contributed by atoms with Crippen molar-refractivity contribution in [3.8, 4) is 5.75 Å². The Morgan fingerprint density at radius 2 is 1.83 bits per heavy atom. The maximum absolute atomic E-state index is 10.4. The van der Waals surface area contributed by atoms with Crippen LogP contribution in [-0.4, -0.2) is 43.2 Å². The Kier molecular flexibility index (Phi) is 7.31. The lowest BCUT2D eigenvalue weighted by molar-refractivity contribution is -0.153. The smallest absolute Gasteiger partial charge is 0.205 e. The molecule has 185 valence electrons. The minimum absolute atomic E-state index is 0.155. The number of rotatable bonds is 8. The zero-order chi connectivity index (χ0) is 25.2. The van der Waals surface area contributed by atoms with Crippen molar-refractivity contribution in [1.82, 2.24) is 4.98 Å². The third-order valence-corrected chi connectivity index (χ3v) is 6.91. The van der Waals surface area contributed by atoms with E-state index in [9.17, 15) is 5.11 Å². The molecule has 1 aromatic heterocycles. The molecule has 6 nitrogen and oxygen atoms in total. The largest absolute Gasteiger partial charge is 0.489 e. The Morgan fingerprint density at radius 3 is 2.49 bits per heavy atom. The molecule has 3 aromatic rings. The molecule has 35 heavy (non-hydrogen) atoms. The maximum Gasteiger partial charge on any atom is 0.205 e. The molecular formula is C28H35N2O4Si. The molecule has 0 saturated heterocycles. The van der Waals surface area contributed by atoms with E-state index in [4.69, 9.17) is 14.0 Å². The van der Waals surface area contributed by atoms with Crippen LogP contribution in [0.25, 0.3) is 10.9 Å². The van der Waals surface area contributed by atoms with Crippen molar-refractivity contribution in [2.24, 2.45) is 10.6 Å². The van der Waals surface area contributed by atoms with Gasteiger partial charge < -0.3 is 19.1 Å². The number of oxime groups is 1. The predicted molar refractivity (Wildman–Crippen MR) is 141 cm³/mol. The van der Waals surface area contributed by atoms with Crippen LogP contribution in [0.5, 0.6) is 5.75 Å². The molecule has 1 N–H and O–H groups in total. The number of aryl methyl sites for hydroxylation is 1. The standard InChI is InChI=1S/C28H35N2O4Si/c1-19-15-21(23-9-7-8-10-24(23)29-19)17-32-22-13-11-20(12-14-22)25-16-28(18-31,34-30-25)26(27(2,3)4)33-35(5)6/h7-15,26,31H,16-18H2,1-6H3. The molecule has 4 rings (SSSR count). The lowest BCUT2D eigenvalue weighted by Crippen LogP contribution is -2.55. The van der Waals surface area contributed by atoms with E-state index in [2.05, 4.69) is 56.1 Å². The Labute approximate surface area is 209 Å². The summed E-state index contributed by atoms with van der Waals surface area (Å²) in [6.07, 6.45) is 0.217. The fraction of sp³-hybridized carbons (Fsp3) is 0.429. The molecule has 1 aliphatic rings. The molecule has 2 heterocycles. The van der Waals surface area contributed by atoms with Gasteiger partial charge in [0.05, 0.1) is 23.9 Å². The maximum atomic E-state index is 10.4. The van der Waals surface area contributed by atoms with Crippen LogP contribution in [-0.2, 0) is 15.9 Å². The van der Waals surface area contributed by atoms with Crippen LogP contribution in [0.15, 0.2) is 59.8 Å². The molecule has 0 bridgehead atoms. The first-order valence-electron chi connectivity index (χ1n) is 12.0. The SMILES string of the molecule is Cc1cc(COc2ccc(C3=NOC(CO)(C(O[Si](C)C)C(C)(C)C)C3)cc2)c2ccccc2n1. The Hall–Kier alpha value is -2.74. The summed E-state index contributed by atoms with van der Waals surface area (Å²) in [6, 6.07) is 18.1. The first-order chi connectivity index (χ1) is 16.6. The van der Waals surface area contributed by atoms with Crippen LogP contribution in [0.3, 0.4) is 0 Å². The molecule has 0 aliphatic carbocycles. The summed E-state index contributed by atoms with van der Waals surface area (Å²) >= 11 is 0. The van der Waals surface area contributed by atoms with Crippen molar-refractivity contribution in [2.75, 3.05) is 6.61 Å². The van der Waals surface area contributed by atoms with E-state index in [1.807, 2.05) is 49.4 Å². The first kappa shape index (κ1) is 25.4. The fourth-order valence-electron chi connectivity index (χ4n) is 4.68. The number of nitrogens with zero attached hydrogens (tertiary/aromatic N) is 2. The Bertz CT molecular complexity index is 1200. The molecule has 7 heteroatoms. The van der Waals surface area contributed by atoms with Crippen molar-refractivity contribution in [3.05, 3.63) is 71.4 Å². The minimum atomic E-state index is -0.995. The van der Waals surface area contributed by atoms with Crippen LogP contribution in [0, 0.1) is 12.3 Å². The molecule has 0 fully saturated rings. The number of para-hydroxylation sites is 1. The highest BCUT2D eigenvalue weighted by Crippen LogP contribution is 2.40. The van der Waals surface area contributed by atoms with E-state index in [-0.39, 0.29) is 18.1 Å². The fourth-order valence-corrected chi connectivity index (χ4v) is 5.72. The molecule has 0 saturated carbocycles. The summed E-state index contributed by atoms with van der Waals surface area (Å²) in [5, 5.41) is 15.8. The number of fused-ring (bicyclic) bond motifs is 1. The quantitative estimate of drug-likeness (QED) is 0.412. The van der Waals surface area contributed by atoms with Gasteiger partial charge in [0.1, 0.15) is 12.4 Å². The molecule has 0 amide bonds. The van der Waals surface area contributed by atoms with Gasteiger partial charge in [0.15, 0.2) is 5.60 Å². The number of aliphatic hydroxyl groups excluding tert-OH is 1. The number of hydrogen-bond acceptors (Lipinski definition) is 6. The average Bonchev–Trinajstić information content (AvgIpc) is 3.26. The summed E-state index contributed by atoms with van der Waals surface area (Å²) in [6.45, 7) is 12.8. The van der Waals surface area contributed by atoms with Gasteiger partial charge >= 0.3 is 0 Å². The summed E-state index contributed by atoms with van der Waals surface area (Å²) in [5.74, 6) is 0.778. The first-order valence-corrected chi connectivity index (χ1v) is 14.4. The molecule has 1 radical (unpaired) electrons. The Balaban J connectivity index is 1.47. The van der Waals surface area contributed by atoms with Crippen molar-refractivity contribution in [1.29, 1.82) is 0 Å². The van der Waals surface area contributed by atoms with E-state index < -0.39 is 14.6 Å². The highest BCUT2D eigenvalue weighted by molar-refractivity contribution is 6.48. The van der Waals surface area contributed by atoms with Gasteiger partial charge in [-0.05, 0) is 67.4 Å². The second-order valence-corrected chi connectivity index (χ2v) is 12.6. The van der Waals surface area contributed by atoms with Gasteiger partial charge in [-0.15, -0.1) is 0 Å². The molecule has 0 spiro atoms. The topological polar surface area (TPSA) is 73.2 Å². The normalized spacial score (nSPS) is 19.0. The van der Waals surface area contributed by atoms with E-state index in [0.717, 1.165) is 39.2 Å². The molecule has 2 aromatic carbocycles. The molecule has 2 atom stereocenters. The minimum Gasteiger partial charge on any atom is -0.489 e. The molecule has 2 unspecified atom stereocenters. The van der Waals surface area contributed by atoms with Gasteiger partial charge in [-0.25, -0.2) is 0 Å². The van der Waals surface area contributed by atoms with Crippen molar-refractivity contribution in [2.45, 2.75) is 65.5 Å². The summed E-state index contributed by atoms with van der Waals surface area (Å²) in [5.41, 5.74) is 3.73. The van der Waals surface area contributed by atoms with Gasteiger partial charge in [-0.1, -0.05) is 44.1 Å². The van der Waals surface area contributed by atoms with Gasteiger partial charge in [0, 0.05) is 23.1 Å². The summed E-state index contributed by atoms with van der Waals surface area (Å²) in [7, 11) is -0.995. The van der Waals surface area contributed by atoms with Crippen molar-refractivity contribution in [3.63, 3.8) is 0 Å². The monoisotopic (exact) mass is 491 g/mol. The lowest BCUT2D eigenvalue weighted by atomic mass is 9.76. The summed E-state index contributed by atoms with van der Waals surface area (Å²) in [4.78, 5) is 10.5. The highest BCUT2D eigenvalue weighted by Gasteiger charge is 2.52. The third kappa shape index (κ3) is 5.58. The number of hydrogen-bond donors (Lipinski definition) is 1. The van der Waals surface area contributed by atoms with Crippen molar-refractivity contribution < 1.29 is 19.1 Å². The van der Waals surface area contributed by atoms with Crippen LogP contribution < -0.4 is 4.74 Å². The molecular weight excluding hydrogens is 456 g/mol. The second kappa shape index (κ2) is 10.1. The number of pyridine rings is 1. The van der Waals surface area contributed by atoms with E-state index in [0.29, 0.717) is 13.0 Å². The zero-order valence-corrected chi connectivity index (χ0v) is 22.5. The van der Waals surface area contributed by atoms with Crippen molar-refractivity contribution >= 4 is 25.7 Å². The summed E-state index contributed by atoms with van der Waals surface area (Å²) < 4.78 is 12.4. The predicted octanol–water partition coefficient (Wildman–Crippen LogP) is 5.66. The van der Waals surface area contributed by atoms with Gasteiger partial charge in [-0.2, -0.15) is 0 Å². The number of aliphatic hydroxyl groups is 1. The van der Waals surface area contributed by atoms with E-state index in [1.165, 1.54) is 0 Å². The van der Waals surface area contributed by atoms with Crippen LogP contribution >= 0.6 is 0 Å². The average molecular weight is 492 g/mol. The van der Waals surface area contributed by atoms with Crippen LogP contribution in [0.1, 0.15) is 44.0 Å².